The first-order valence-corrected chi connectivity index (χ1v) is 4.72. The molecule has 0 saturated heterocycles. The number of furan rings is 1. The normalized spacial score (nSPS) is 16.3. The number of aromatic nitrogens is 1. The number of nitrogen functional groups attached to an aromatic ring is 1. The third kappa shape index (κ3) is 0.789. The summed E-state index contributed by atoms with van der Waals surface area (Å²) in [7, 11) is 0. The molecule has 3 nitrogen and oxygen atoms in total. The average molecular weight is 176 g/mol. The smallest absolute Gasteiger partial charge is 0.157 e. The second-order valence-electron chi connectivity index (χ2n) is 3.64. The Bertz CT molecular complexity index is 453. The second-order valence-corrected chi connectivity index (χ2v) is 3.64. The molecule has 0 bridgehead atoms. The first-order valence-electron chi connectivity index (χ1n) is 4.72. The van der Waals surface area contributed by atoms with Gasteiger partial charge in [0, 0.05) is 17.3 Å². The van der Waals surface area contributed by atoms with Crippen LogP contribution in [0.15, 0.2) is 16.7 Å². The van der Waals surface area contributed by atoms with Crippen LogP contribution in [0, 0.1) is 0 Å². The van der Waals surface area contributed by atoms with Crippen LogP contribution < -0.4 is 5.84 Å². The molecule has 0 spiro atoms. The zero-order valence-electron chi connectivity index (χ0n) is 7.42. The Morgan fingerprint density at radius 1 is 1.31 bits per heavy atom. The van der Waals surface area contributed by atoms with Crippen LogP contribution in [0.5, 0.6) is 0 Å². The van der Waals surface area contributed by atoms with E-state index in [4.69, 9.17) is 10.3 Å². The van der Waals surface area contributed by atoms with Gasteiger partial charge in [-0.25, -0.2) is 0 Å². The van der Waals surface area contributed by atoms with E-state index in [9.17, 15) is 0 Å². The number of rotatable bonds is 0. The van der Waals surface area contributed by atoms with Crippen LogP contribution in [-0.4, -0.2) is 4.68 Å². The van der Waals surface area contributed by atoms with Crippen LogP contribution in [0.2, 0.25) is 0 Å². The molecule has 0 aromatic carbocycles. The molecular weight excluding hydrogens is 164 g/mol. The van der Waals surface area contributed by atoms with Gasteiger partial charge in [-0.15, -0.1) is 0 Å². The minimum atomic E-state index is 0.997. The monoisotopic (exact) mass is 176 g/mol. The summed E-state index contributed by atoms with van der Waals surface area (Å²) < 4.78 is 7.22. The summed E-state index contributed by atoms with van der Waals surface area (Å²) in [6.45, 7) is 0. The fraction of sp³-hybridized carbons (Fsp3) is 0.400. The molecule has 68 valence electrons. The predicted molar refractivity (Wildman–Crippen MR) is 51.0 cm³/mol. The Balaban J connectivity index is 2.40. The van der Waals surface area contributed by atoms with E-state index in [1.54, 1.807) is 10.9 Å². The summed E-state index contributed by atoms with van der Waals surface area (Å²) in [6.07, 6.45) is 6.42. The van der Waals surface area contributed by atoms with Gasteiger partial charge in [0.15, 0.2) is 5.58 Å². The van der Waals surface area contributed by atoms with E-state index in [1.165, 1.54) is 24.1 Å². The summed E-state index contributed by atoms with van der Waals surface area (Å²) in [5.74, 6) is 5.96. The standard InChI is InChI=1S/C10H12N2O/c11-12-8-4-2-1-3-7(8)10-9(12)5-6-13-10/h5-6H,1-4,11H2. The summed E-state index contributed by atoms with van der Waals surface area (Å²) in [5, 5.41) is 0. The van der Waals surface area contributed by atoms with Gasteiger partial charge in [0.25, 0.3) is 0 Å². The van der Waals surface area contributed by atoms with Crippen LogP contribution in [0.3, 0.4) is 0 Å². The SMILES string of the molecule is Nn1c2c(c3occc31)CCCC2. The van der Waals surface area contributed by atoms with E-state index in [-0.39, 0.29) is 0 Å². The third-order valence-corrected chi connectivity index (χ3v) is 2.91. The van der Waals surface area contributed by atoms with E-state index in [0.29, 0.717) is 0 Å². The predicted octanol–water partition coefficient (Wildman–Crippen LogP) is 1.83. The topological polar surface area (TPSA) is 44.1 Å². The van der Waals surface area contributed by atoms with E-state index in [2.05, 4.69) is 0 Å². The van der Waals surface area contributed by atoms with Crippen molar-refractivity contribution >= 4 is 11.1 Å². The first-order chi connectivity index (χ1) is 6.38. The lowest BCUT2D eigenvalue weighted by molar-refractivity contribution is 0.599. The van der Waals surface area contributed by atoms with E-state index < -0.39 is 0 Å². The van der Waals surface area contributed by atoms with Crippen molar-refractivity contribution in [1.82, 2.24) is 4.68 Å². The molecule has 3 heteroatoms. The van der Waals surface area contributed by atoms with Gasteiger partial charge in [-0.1, -0.05) is 0 Å². The molecule has 1 aliphatic carbocycles. The van der Waals surface area contributed by atoms with E-state index >= 15 is 0 Å². The lowest BCUT2D eigenvalue weighted by Gasteiger charge is -2.11. The van der Waals surface area contributed by atoms with Gasteiger partial charge in [-0.2, -0.15) is 0 Å². The zero-order valence-corrected chi connectivity index (χ0v) is 7.42. The molecular formula is C10H12N2O. The third-order valence-electron chi connectivity index (χ3n) is 2.91. The van der Waals surface area contributed by atoms with Crippen molar-refractivity contribution in [3.05, 3.63) is 23.6 Å². The molecule has 2 heterocycles. The van der Waals surface area contributed by atoms with Gasteiger partial charge < -0.3 is 10.3 Å². The van der Waals surface area contributed by atoms with Crippen molar-refractivity contribution in [3.63, 3.8) is 0 Å². The van der Waals surface area contributed by atoms with Crippen molar-refractivity contribution in [2.24, 2.45) is 0 Å². The van der Waals surface area contributed by atoms with Crippen molar-refractivity contribution in [1.29, 1.82) is 0 Å². The van der Waals surface area contributed by atoms with Crippen LogP contribution in [0.4, 0.5) is 0 Å². The Hall–Kier alpha value is -1.38. The maximum Gasteiger partial charge on any atom is 0.157 e. The average Bonchev–Trinajstić information content (AvgIpc) is 2.72. The van der Waals surface area contributed by atoms with Gasteiger partial charge in [-0.05, 0) is 25.7 Å². The Morgan fingerprint density at radius 3 is 3.08 bits per heavy atom. The molecule has 1 aliphatic rings. The summed E-state index contributed by atoms with van der Waals surface area (Å²) in [5.41, 5.74) is 4.62. The fourth-order valence-electron chi connectivity index (χ4n) is 2.26. The zero-order chi connectivity index (χ0) is 8.84. The minimum Gasteiger partial charge on any atom is -0.462 e. The summed E-state index contributed by atoms with van der Waals surface area (Å²) in [6, 6.07) is 1.94. The fourth-order valence-corrected chi connectivity index (χ4v) is 2.26. The lowest BCUT2D eigenvalue weighted by atomic mass is 9.98. The lowest BCUT2D eigenvalue weighted by Crippen LogP contribution is -2.14. The molecule has 2 aromatic rings. The van der Waals surface area contributed by atoms with Crippen molar-refractivity contribution in [2.75, 3.05) is 5.84 Å². The van der Waals surface area contributed by atoms with E-state index in [1.807, 2.05) is 6.07 Å². The first kappa shape index (κ1) is 7.06. The highest BCUT2D eigenvalue weighted by atomic mass is 16.3. The largest absolute Gasteiger partial charge is 0.462 e. The molecule has 0 atom stereocenters. The summed E-state index contributed by atoms with van der Waals surface area (Å²) in [4.78, 5) is 0. The molecule has 0 saturated carbocycles. The van der Waals surface area contributed by atoms with Gasteiger partial charge >= 0.3 is 0 Å². The quantitative estimate of drug-likeness (QED) is 0.622. The molecule has 3 rings (SSSR count). The van der Waals surface area contributed by atoms with Crippen LogP contribution in [-0.2, 0) is 12.8 Å². The van der Waals surface area contributed by atoms with Gasteiger partial charge in [0.1, 0.15) is 5.52 Å². The number of aryl methyl sites for hydroxylation is 1. The van der Waals surface area contributed by atoms with Crippen LogP contribution in [0.25, 0.3) is 11.1 Å². The van der Waals surface area contributed by atoms with Gasteiger partial charge in [-0.3, -0.25) is 4.68 Å². The molecule has 0 fully saturated rings. The van der Waals surface area contributed by atoms with Crippen LogP contribution in [0.1, 0.15) is 24.1 Å². The van der Waals surface area contributed by atoms with Gasteiger partial charge in [0.05, 0.1) is 6.26 Å². The second kappa shape index (κ2) is 2.31. The molecule has 0 radical (unpaired) electrons. The Labute approximate surface area is 76.1 Å². The van der Waals surface area contributed by atoms with E-state index in [0.717, 1.165) is 23.9 Å². The number of nitrogens with two attached hydrogens (primary N) is 1. The number of fused-ring (bicyclic) bond motifs is 3. The molecule has 2 N–H and O–H groups in total. The minimum absolute atomic E-state index is 0.997. The number of hydrogen-bond donors (Lipinski definition) is 1. The Kier molecular flexibility index (Phi) is 1.26. The summed E-state index contributed by atoms with van der Waals surface area (Å²) >= 11 is 0. The maximum atomic E-state index is 5.96. The highest BCUT2D eigenvalue weighted by molar-refractivity contribution is 5.80. The highest BCUT2D eigenvalue weighted by Gasteiger charge is 2.20. The highest BCUT2D eigenvalue weighted by Crippen LogP contribution is 2.30. The van der Waals surface area contributed by atoms with Crippen LogP contribution >= 0.6 is 0 Å². The number of hydrogen-bond acceptors (Lipinski definition) is 2. The molecule has 0 unspecified atom stereocenters. The molecule has 0 aliphatic heterocycles. The number of nitrogens with zero attached hydrogens (tertiary/aromatic N) is 1. The molecule has 13 heavy (non-hydrogen) atoms. The van der Waals surface area contributed by atoms with Crippen molar-refractivity contribution in [2.45, 2.75) is 25.7 Å². The van der Waals surface area contributed by atoms with Crippen molar-refractivity contribution in [3.8, 4) is 0 Å². The molecule has 0 amide bonds. The van der Waals surface area contributed by atoms with Crippen molar-refractivity contribution < 1.29 is 4.42 Å². The Morgan fingerprint density at radius 2 is 2.15 bits per heavy atom. The van der Waals surface area contributed by atoms with Gasteiger partial charge in [0.2, 0.25) is 0 Å². The maximum absolute atomic E-state index is 5.96. The molecule has 2 aromatic heterocycles.